The summed E-state index contributed by atoms with van der Waals surface area (Å²) in [5.74, 6) is -0.171. The Morgan fingerprint density at radius 2 is 2.20 bits per heavy atom. The highest BCUT2D eigenvalue weighted by atomic mass is 19.1. The Hall–Kier alpha value is -1.68. The van der Waals surface area contributed by atoms with Gasteiger partial charge in [-0.2, -0.15) is 5.10 Å². The molecule has 1 heterocycles. The van der Waals surface area contributed by atoms with Crippen LogP contribution in [-0.2, 0) is 13.5 Å². The molecule has 1 unspecified atom stereocenters. The maximum Gasteiger partial charge on any atom is 0.123 e. The van der Waals surface area contributed by atoms with Gasteiger partial charge in [0.15, 0.2) is 0 Å². The second-order valence-electron chi connectivity index (χ2n) is 5.17. The fraction of sp³-hybridized carbons (Fsp3) is 0.438. The van der Waals surface area contributed by atoms with E-state index in [9.17, 15) is 4.39 Å². The molecule has 0 spiro atoms. The van der Waals surface area contributed by atoms with Crippen LogP contribution < -0.4 is 5.32 Å². The first-order valence-electron chi connectivity index (χ1n) is 7.07. The van der Waals surface area contributed by atoms with E-state index in [2.05, 4.69) is 17.3 Å². The molecular weight excluding hydrogens is 253 g/mol. The molecule has 0 bridgehead atoms. The van der Waals surface area contributed by atoms with Gasteiger partial charge in [0.1, 0.15) is 5.82 Å². The quantitative estimate of drug-likeness (QED) is 0.877. The second kappa shape index (κ2) is 6.66. The van der Waals surface area contributed by atoms with E-state index < -0.39 is 0 Å². The van der Waals surface area contributed by atoms with Crippen molar-refractivity contribution in [2.45, 2.75) is 32.7 Å². The van der Waals surface area contributed by atoms with Crippen molar-refractivity contribution in [3.05, 3.63) is 53.1 Å². The molecule has 1 aromatic carbocycles. The Morgan fingerprint density at radius 3 is 2.85 bits per heavy atom. The van der Waals surface area contributed by atoms with Gasteiger partial charge in [0.2, 0.25) is 0 Å². The molecule has 20 heavy (non-hydrogen) atoms. The van der Waals surface area contributed by atoms with Crippen molar-refractivity contribution >= 4 is 0 Å². The van der Waals surface area contributed by atoms with Crippen molar-refractivity contribution < 1.29 is 4.39 Å². The predicted molar refractivity (Wildman–Crippen MR) is 79.1 cm³/mol. The number of rotatable bonds is 6. The summed E-state index contributed by atoms with van der Waals surface area (Å²) in [7, 11) is 1.92. The van der Waals surface area contributed by atoms with Crippen LogP contribution in [0.15, 0.2) is 30.6 Å². The molecule has 108 valence electrons. The number of hydrogen-bond acceptors (Lipinski definition) is 2. The van der Waals surface area contributed by atoms with E-state index in [0.29, 0.717) is 0 Å². The molecule has 0 amide bonds. The third-order valence-corrected chi connectivity index (χ3v) is 3.55. The van der Waals surface area contributed by atoms with Crippen LogP contribution in [0.4, 0.5) is 4.39 Å². The third kappa shape index (κ3) is 3.67. The fourth-order valence-corrected chi connectivity index (χ4v) is 2.51. The fourth-order valence-electron chi connectivity index (χ4n) is 2.51. The monoisotopic (exact) mass is 275 g/mol. The van der Waals surface area contributed by atoms with Crippen LogP contribution in [0.5, 0.6) is 0 Å². The highest BCUT2D eigenvalue weighted by Gasteiger charge is 2.14. The summed E-state index contributed by atoms with van der Waals surface area (Å²) in [6.45, 7) is 4.97. The lowest BCUT2D eigenvalue weighted by Gasteiger charge is -2.20. The van der Waals surface area contributed by atoms with Crippen LogP contribution in [-0.4, -0.2) is 16.3 Å². The van der Waals surface area contributed by atoms with E-state index in [1.54, 1.807) is 6.07 Å². The van der Waals surface area contributed by atoms with Gasteiger partial charge in [0.05, 0.1) is 6.20 Å². The standard InChI is InChI=1S/C16H22FN3/c1-4-18-16(8-6-13-10-19-20(3)11-13)15-9-14(17)7-5-12(15)2/h5,7,9-11,16,18H,4,6,8H2,1-3H3. The molecule has 3 nitrogen and oxygen atoms in total. The Balaban J connectivity index is 2.11. The number of aromatic nitrogens is 2. The molecule has 0 aliphatic rings. The zero-order valence-corrected chi connectivity index (χ0v) is 12.4. The number of nitrogens with one attached hydrogen (secondary N) is 1. The minimum absolute atomic E-state index is 0.171. The van der Waals surface area contributed by atoms with Gasteiger partial charge in [0, 0.05) is 19.3 Å². The average Bonchev–Trinajstić information content (AvgIpc) is 2.83. The number of nitrogens with zero attached hydrogens (tertiary/aromatic N) is 2. The molecule has 0 saturated heterocycles. The molecule has 1 N–H and O–H groups in total. The van der Waals surface area contributed by atoms with Crippen molar-refractivity contribution in [2.75, 3.05) is 6.54 Å². The summed E-state index contributed by atoms with van der Waals surface area (Å²) in [6, 6.07) is 5.18. The molecule has 0 aliphatic heterocycles. The zero-order chi connectivity index (χ0) is 14.5. The summed E-state index contributed by atoms with van der Waals surface area (Å²) in [6.07, 6.45) is 5.79. The van der Waals surface area contributed by atoms with Gasteiger partial charge in [-0.25, -0.2) is 4.39 Å². The zero-order valence-electron chi connectivity index (χ0n) is 12.4. The molecule has 2 rings (SSSR count). The first kappa shape index (κ1) is 14.7. The number of benzene rings is 1. The highest BCUT2D eigenvalue weighted by molar-refractivity contribution is 5.29. The molecule has 0 saturated carbocycles. The Labute approximate surface area is 119 Å². The number of halogens is 1. The predicted octanol–water partition coefficient (Wildman–Crippen LogP) is 3.15. The van der Waals surface area contributed by atoms with E-state index >= 15 is 0 Å². The second-order valence-corrected chi connectivity index (χ2v) is 5.17. The molecule has 1 atom stereocenters. The Bertz CT molecular complexity index is 563. The van der Waals surface area contributed by atoms with Crippen LogP contribution in [0.2, 0.25) is 0 Å². The molecule has 0 radical (unpaired) electrons. The average molecular weight is 275 g/mol. The summed E-state index contributed by atoms with van der Waals surface area (Å²) < 4.78 is 15.3. The van der Waals surface area contributed by atoms with Gasteiger partial charge in [0.25, 0.3) is 0 Å². The lowest BCUT2D eigenvalue weighted by atomic mass is 9.96. The largest absolute Gasteiger partial charge is 0.310 e. The molecule has 4 heteroatoms. The van der Waals surface area contributed by atoms with E-state index in [4.69, 9.17) is 0 Å². The van der Waals surface area contributed by atoms with Crippen molar-refractivity contribution in [1.29, 1.82) is 0 Å². The van der Waals surface area contributed by atoms with Gasteiger partial charge in [-0.15, -0.1) is 0 Å². The van der Waals surface area contributed by atoms with Crippen molar-refractivity contribution in [1.82, 2.24) is 15.1 Å². The maximum atomic E-state index is 13.5. The van der Waals surface area contributed by atoms with E-state index in [1.807, 2.05) is 37.1 Å². The normalized spacial score (nSPS) is 12.6. The topological polar surface area (TPSA) is 29.9 Å². The van der Waals surface area contributed by atoms with Crippen molar-refractivity contribution in [2.24, 2.45) is 7.05 Å². The maximum absolute atomic E-state index is 13.5. The Morgan fingerprint density at radius 1 is 1.40 bits per heavy atom. The molecular formula is C16H22FN3. The SMILES string of the molecule is CCNC(CCc1cnn(C)c1)c1cc(F)ccc1C. The highest BCUT2D eigenvalue weighted by Crippen LogP contribution is 2.23. The lowest BCUT2D eigenvalue weighted by Crippen LogP contribution is -2.22. The summed E-state index contributed by atoms with van der Waals surface area (Å²) in [5, 5.41) is 7.63. The van der Waals surface area contributed by atoms with Gasteiger partial charge < -0.3 is 5.32 Å². The van der Waals surface area contributed by atoms with Crippen LogP contribution in [0.1, 0.15) is 36.1 Å². The Kier molecular flexibility index (Phi) is 4.90. The molecule has 0 fully saturated rings. The van der Waals surface area contributed by atoms with E-state index in [0.717, 1.165) is 30.5 Å². The summed E-state index contributed by atoms with van der Waals surface area (Å²) in [4.78, 5) is 0. The van der Waals surface area contributed by atoms with Crippen molar-refractivity contribution in [3.63, 3.8) is 0 Å². The van der Waals surface area contributed by atoms with Crippen LogP contribution >= 0.6 is 0 Å². The number of hydrogen-bond donors (Lipinski definition) is 1. The van der Waals surface area contributed by atoms with Crippen LogP contribution in [0.3, 0.4) is 0 Å². The smallest absolute Gasteiger partial charge is 0.123 e. The summed E-state index contributed by atoms with van der Waals surface area (Å²) in [5.41, 5.74) is 3.39. The van der Waals surface area contributed by atoms with Crippen molar-refractivity contribution in [3.8, 4) is 0 Å². The van der Waals surface area contributed by atoms with Gasteiger partial charge >= 0.3 is 0 Å². The molecule has 1 aromatic heterocycles. The minimum Gasteiger partial charge on any atom is -0.310 e. The third-order valence-electron chi connectivity index (χ3n) is 3.55. The number of aryl methyl sites for hydroxylation is 3. The lowest BCUT2D eigenvalue weighted by molar-refractivity contribution is 0.508. The molecule has 0 aliphatic carbocycles. The van der Waals surface area contributed by atoms with Gasteiger partial charge in [-0.3, -0.25) is 4.68 Å². The molecule has 2 aromatic rings. The van der Waals surface area contributed by atoms with E-state index in [-0.39, 0.29) is 11.9 Å². The van der Waals surface area contributed by atoms with E-state index in [1.165, 1.54) is 11.6 Å². The van der Waals surface area contributed by atoms with Gasteiger partial charge in [-0.1, -0.05) is 13.0 Å². The first-order valence-corrected chi connectivity index (χ1v) is 7.07. The van der Waals surface area contributed by atoms with Gasteiger partial charge in [-0.05, 0) is 55.1 Å². The summed E-state index contributed by atoms with van der Waals surface area (Å²) >= 11 is 0. The minimum atomic E-state index is -0.171. The van der Waals surface area contributed by atoms with Crippen LogP contribution in [0, 0.1) is 12.7 Å². The first-order chi connectivity index (χ1) is 9.60. The van der Waals surface area contributed by atoms with Crippen LogP contribution in [0.25, 0.3) is 0 Å².